The van der Waals surface area contributed by atoms with E-state index >= 15 is 0 Å². The second-order valence-electron chi connectivity index (χ2n) is 5.59. The summed E-state index contributed by atoms with van der Waals surface area (Å²) in [4.78, 5) is 13.3. The number of nitrogens with zero attached hydrogens (tertiary/aromatic N) is 1. The Morgan fingerprint density at radius 2 is 2.14 bits per heavy atom. The van der Waals surface area contributed by atoms with Crippen molar-refractivity contribution >= 4 is 22.3 Å². The van der Waals surface area contributed by atoms with Gasteiger partial charge in [-0.1, -0.05) is 35.7 Å². The first-order chi connectivity index (χ1) is 10.6. The highest BCUT2D eigenvalue weighted by molar-refractivity contribution is 6.08. The first-order valence-corrected chi connectivity index (χ1v) is 8.11. The van der Waals surface area contributed by atoms with Crippen LogP contribution in [0.1, 0.15) is 5.56 Å². The van der Waals surface area contributed by atoms with Crippen LogP contribution in [0.4, 0.5) is 0 Å². The lowest BCUT2D eigenvalue weighted by Crippen LogP contribution is -2.75. The zero-order valence-electron chi connectivity index (χ0n) is 12.7. The Hall–Kier alpha value is -0.938. The van der Waals surface area contributed by atoms with Crippen molar-refractivity contribution in [1.29, 1.82) is 0 Å². The number of carbonyl (C=O) groups is 1. The molecule has 0 saturated heterocycles. The van der Waals surface area contributed by atoms with Gasteiger partial charge in [-0.25, -0.2) is 0 Å². The minimum atomic E-state index is -0.853. The highest BCUT2D eigenvalue weighted by atomic mass is 27.0. The smallest absolute Gasteiger partial charge is 0.309 e. The highest BCUT2D eigenvalue weighted by Crippen LogP contribution is 2.31. The van der Waals surface area contributed by atoms with Crippen molar-refractivity contribution in [2.45, 2.75) is 24.7 Å². The van der Waals surface area contributed by atoms with E-state index in [1.165, 1.54) is 0 Å². The number of nitrogens with two attached hydrogens (primary N) is 1. The number of carboxylic acid groups (broad SMARTS) is 1. The zero-order valence-corrected chi connectivity index (χ0v) is 13.8. The fraction of sp³-hybridized carbons (Fsp3) is 0.533. The van der Waals surface area contributed by atoms with Gasteiger partial charge in [-0.15, -0.1) is 0 Å². The second kappa shape index (κ2) is 8.07. The summed E-state index contributed by atoms with van der Waals surface area (Å²) in [6.45, 7) is 0.870. The van der Waals surface area contributed by atoms with Gasteiger partial charge in [0.1, 0.15) is 16.3 Å². The summed E-state index contributed by atoms with van der Waals surface area (Å²) in [5.74, 6) is -1.42. The third kappa shape index (κ3) is 3.87. The molecular weight excluding hydrogens is 297 g/mol. The quantitative estimate of drug-likeness (QED) is 0.446. The lowest BCUT2D eigenvalue weighted by molar-refractivity contribution is -0.154. The van der Waals surface area contributed by atoms with Crippen LogP contribution in [0.5, 0.6) is 0 Å². The first kappa shape index (κ1) is 17.4. The molecule has 1 saturated carbocycles. The van der Waals surface area contributed by atoms with Crippen LogP contribution in [0, 0.1) is 5.92 Å². The minimum absolute atomic E-state index is 0.0380. The molecule has 0 heterocycles. The Balaban J connectivity index is 1.88. The van der Waals surface area contributed by atoms with Crippen molar-refractivity contribution in [3.63, 3.8) is 0 Å². The molecule has 1 aliphatic carbocycles. The number of hydrogen-bond acceptors (Lipinski definition) is 5. The summed E-state index contributed by atoms with van der Waals surface area (Å²) in [5.41, 5.74) is 7.08. The maximum absolute atomic E-state index is 11.4. The fourth-order valence-electron chi connectivity index (χ4n) is 2.98. The molecule has 4 N–H and O–H groups in total. The van der Waals surface area contributed by atoms with E-state index < -0.39 is 11.9 Å². The highest BCUT2D eigenvalue weighted by Gasteiger charge is 2.53. The number of hydrogen-bond donors (Lipinski definition) is 3. The van der Waals surface area contributed by atoms with Crippen molar-refractivity contribution in [3.05, 3.63) is 35.9 Å². The maximum atomic E-state index is 11.4. The molecule has 7 heteroatoms. The van der Waals surface area contributed by atoms with Crippen LogP contribution in [0.3, 0.4) is 0 Å². The molecule has 0 spiro atoms. The molecule has 22 heavy (non-hydrogen) atoms. The summed E-state index contributed by atoms with van der Waals surface area (Å²) in [6.07, 6.45) is 0. The molecule has 0 bridgehead atoms. The maximum Gasteiger partial charge on any atom is 0.309 e. The van der Waals surface area contributed by atoms with Crippen LogP contribution in [-0.4, -0.2) is 69.6 Å². The molecular formula is C15H22AlN3O3. The molecule has 0 amide bonds. The van der Waals surface area contributed by atoms with Crippen molar-refractivity contribution in [2.75, 3.05) is 19.2 Å². The van der Waals surface area contributed by atoms with Crippen molar-refractivity contribution in [1.82, 2.24) is 10.2 Å². The van der Waals surface area contributed by atoms with Crippen molar-refractivity contribution in [3.8, 4) is 0 Å². The van der Waals surface area contributed by atoms with E-state index in [0.29, 0.717) is 18.7 Å². The van der Waals surface area contributed by atoms with E-state index in [4.69, 9.17) is 10.5 Å². The number of carboxylic acids is 1. The zero-order chi connectivity index (χ0) is 16.1. The van der Waals surface area contributed by atoms with Gasteiger partial charge in [-0.2, -0.15) is 0 Å². The molecule has 4 unspecified atom stereocenters. The average molecular weight is 319 g/mol. The topological polar surface area (TPSA) is 87.8 Å². The first-order valence-electron chi connectivity index (χ1n) is 7.30. The molecule has 2 rings (SSSR count). The van der Waals surface area contributed by atoms with Gasteiger partial charge in [-0.3, -0.25) is 9.69 Å². The Morgan fingerprint density at radius 3 is 2.73 bits per heavy atom. The molecule has 0 aliphatic heterocycles. The number of benzene rings is 1. The van der Waals surface area contributed by atoms with E-state index in [9.17, 15) is 9.90 Å². The third-order valence-electron chi connectivity index (χ3n) is 4.12. The summed E-state index contributed by atoms with van der Waals surface area (Å²) in [5, 5.41) is 13.2. The lowest BCUT2D eigenvalue weighted by atomic mass is 9.69. The van der Waals surface area contributed by atoms with Crippen molar-refractivity contribution in [2.24, 2.45) is 11.7 Å². The summed E-state index contributed by atoms with van der Waals surface area (Å²) in [7, 11) is 1.87. The predicted octanol–water partition coefficient (Wildman–Crippen LogP) is -0.413. The molecule has 1 aliphatic rings. The van der Waals surface area contributed by atoms with E-state index in [1.54, 1.807) is 0 Å². The van der Waals surface area contributed by atoms with Gasteiger partial charge < -0.3 is 20.9 Å². The third-order valence-corrected chi connectivity index (χ3v) is 4.36. The van der Waals surface area contributed by atoms with E-state index in [0.717, 1.165) is 5.56 Å². The Labute approximate surface area is 139 Å². The summed E-state index contributed by atoms with van der Waals surface area (Å²) >= 11 is 2.57. The predicted molar refractivity (Wildman–Crippen MR) is 84.3 cm³/mol. The monoisotopic (exact) mass is 319 g/mol. The molecule has 1 fully saturated rings. The average Bonchev–Trinajstić information content (AvgIpc) is 2.50. The lowest BCUT2D eigenvalue weighted by Gasteiger charge is -2.52. The van der Waals surface area contributed by atoms with Crippen molar-refractivity contribution < 1.29 is 14.6 Å². The number of ether oxygens (including phenoxy) is 1. The van der Waals surface area contributed by atoms with Crippen LogP contribution >= 0.6 is 0 Å². The van der Waals surface area contributed by atoms with Crippen LogP contribution < -0.4 is 11.1 Å². The Bertz CT molecular complexity index is 488. The van der Waals surface area contributed by atoms with Crippen LogP contribution in [0.2, 0.25) is 0 Å². The molecule has 2 radical (unpaired) electrons. The Morgan fingerprint density at radius 1 is 1.45 bits per heavy atom. The molecule has 1 aromatic rings. The van der Waals surface area contributed by atoms with Gasteiger partial charge in [0.05, 0.1) is 19.3 Å². The van der Waals surface area contributed by atoms with Crippen LogP contribution in [0.25, 0.3) is 0 Å². The molecule has 4 atom stereocenters. The fourth-order valence-corrected chi connectivity index (χ4v) is 3.25. The van der Waals surface area contributed by atoms with Gasteiger partial charge in [0.25, 0.3) is 0 Å². The Kier molecular flexibility index (Phi) is 6.39. The number of aliphatic carboxylic acids is 1. The van der Waals surface area contributed by atoms with Gasteiger partial charge in [0, 0.05) is 18.1 Å². The molecule has 6 nitrogen and oxygen atoms in total. The van der Waals surface area contributed by atoms with Crippen LogP contribution in [-0.2, 0) is 16.1 Å². The van der Waals surface area contributed by atoms with E-state index in [-0.39, 0.29) is 18.1 Å². The summed E-state index contributed by atoms with van der Waals surface area (Å²) in [6, 6.07) is 9.31. The van der Waals surface area contributed by atoms with Gasteiger partial charge in [0.15, 0.2) is 0 Å². The standard InChI is InChI=1S/C15H22N3O3.Al/c1-17-13-12(16)11(15(19)20)14(13)18(2)9-21-8-10-6-4-3-5-7-10;/h3-7,11-14,17H,1,8-9,16H2,2H3,(H,19,20);. The molecule has 1 aromatic carbocycles. The minimum Gasteiger partial charge on any atom is -0.481 e. The number of likely N-dealkylation sites (N-methyl/N-ethyl adjacent to an activating group) is 1. The summed E-state index contributed by atoms with van der Waals surface area (Å²) < 4.78 is 5.69. The van der Waals surface area contributed by atoms with Crippen LogP contribution in [0.15, 0.2) is 30.3 Å². The SMILES string of the molecule is CN(COCc1ccccc1)C1C(N[CH2][Al])C(N)C1C(=O)O. The van der Waals surface area contributed by atoms with E-state index in [2.05, 4.69) is 21.6 Å². The number of nitrogens with one attached hydrogen (secondary N) is 1. The largest absolute Gasteiger partial charge is 0.481 e. The van der Waals surface area contributed by atoms with Gasteiger partial charge in [0.2, 0.25) is 0 Å². The second-order valence-corrected chi connectivity index (χ2v) is 5.99. The van der Waals surface area contributed by atoms with Gasteiger partial charge >= 0.3 is 5.97 Å². The normalized spacial score (nSPS) is 27.6. The van der Waals surface area contributed by atoms with E-state index in [1.807, 2.05) is 42.3 Å². The van der Waals surface area contributed by atoms with Gasteiger partial charge in [-0.05, 0) is 12.6 Å². The number of rotatable bonds is 8. The molecule has 118 valence electrons. The molecule has 0 aromatic heterocycles.